The van der Waals surface area contributed by atoms with Crippen molar-refractivity contribution in [2.45, 2.75) is 32.3 Å². The van der Waals surface area contributed by atoms with Crippen LogP contribution in [0, 0.1) is 13.8 Å². The number of rotatable bonds is 6. The second-order valence-electron chi connectivity index (χ2n) is 7.66. The highest BCUT2D eigenvalue weighted by Gasteiger charge is 2.16. The molecule has 0 fully saturated rings. The Morgan fingerprint density at radius 1 is 0.968 bits per heavy atom. The van der Waals surface area contributed by atoms with E-state index in [0.717, 1.165) is 23.2 Å². The minimum absolute atomic E-state index is 0.0158. The van der Waals surface area contributed by atoms with Gasteiger partial charge in [-0.3, -0.25) is 14.2 Å². The fraction of sp³-hybridized carbons (Fsp3) is 0.192. The van der Waals surface area contributed by atoms with Gasteiger partial charge in [0.05, 0.1) is 22.3 Å². The summed E-state index contributed by atoms with van der Waals surface area (Å²) in [4.78, 5) is 30.9. The van der Waals surface area contributed by atoms with E-state index in [2.05, 4.69) is 13.0 Å². The van der Waals surface area contributed by atoms with Crippen LogP contribution in [0.2, 0.25) is 0 Å². The summed E-state index contributed by atoms with van der Waals surface area (Å²) in [6, 6.07) is 21.0. The van der Waals surface area contributed by atoms with Gasteiger partial charge in [-0.2, -0.15) is 0 Å². The fourth-order valence-electron chi connectivity index (χ4n) is 3.66. The first-order chi connectivity index (χ1) is 15.0. The zero-order chi connectivity index (χ0) is 22.0. The van der Waals surface area contributed by atoms with Crippen LogP contribution in [0.5, 0.6) is 0 Å². The lowest BCUT2D eigenvalue weighted by Crippen LogP contribution is -2.22. The van der Waals surface area contributed by atoms with E-state index in [-0.39, 0.29) is 17.1 Å². The number of ketones is 1. The Morgan fingerprint density at radius 2 is 1.65 bits per heavy atom. The van der Waals surface area contributed by atoms with Crippen molar-refractivity contribution in [1.29, 1.82) is 0 Å². The van der Waals surface area contributed by atoms with Crippen molar-refractivity contribution in [3.63, 3.8) is 0 Å². The molecule has 0 amide bonds. The highest BCUT2D eigenvalue weighted by atomic mass is 32.2. The van der Waals surface area contributed by atoms with Gasteiger partial charge in [0.15, 0.2) is 10.9 Å². The fourth-order valence-corrected chi connectivity index (χ4v) is 4.56. The maximum atomic E-state index is 13.4. The molecule has 0 aliphatic rings. The number of aromatic nitrogens is 2. The summed E-state index contributed by atoms with van der Waals surface area (Å²) in [5, 5.41) is 1.08. The van der Waals surface area contributed by atoms with Crippen LogP contribution in [-0.4, -0.2) is 21.1 Å². The molecule has 0 atom stereocenters. The molecule has 5 heteroatoms. The van der Waals surface area contributed by atoms with Crippen LogP contribution >= 0.6 is 11.8 Å². The van der Waals surface area contributed by atoms with Gasteiger partial charge >= 0.3 is 0 Å². The number of benzene rings is 3. The first-order valence-corrected chi connectivity index (χ1v) is 11.3. The van der Waals surface area contributed by atoms with Crippen molar-refractivity contribution in [1.82, 2.24) is 9.55 Å². The van der Waals surface area contributed by atoms with Gasteiger partial charge in [-0.1, -0.05) is 61.2 Å². The van der Waals surface area contributed by atoms with E-state index in [1.54, 1.807) is 10.6 Å². The van der Waals surface area contributed by atoms with Gasteiger partial charge in [-0.05, 0) is 61.2 Å². The van der Waals surface area contributed by atoms with Gasteiger partial charge in [-0.25, -0.2) is 4.98 Å². The van der Waals surface area contributed by atoms with Crippen LogP contribution in [0.4, 0.5) is 0 Å². The van der Waals surface area contributed by atoms with Crippen molar-refractivity contribution >= 4 is 28.4 Å². The van der Waals surface area contributed by atoms with E-state index in [9.17, 15) is 9.59 Å². The molecule has 0 saturated heterocycles. The molecule has 0 bridgehead atoms. The Bertz CT molecular complexity index is 1300. The summed E-state index contributed by atoms with van der Waals surface area (Å²) in [5.74, 6) is 0.225. The molecule has 0 spiro atoms. The lowest BCUT2D eigenvalue weighted by Gasteiger charge is -2.14. The average Bonchev–Trinajstić information content (AvgIpc) is 2.77. The van der Waals surface area contributed by atoms with Crippen LogP contribution < -0.4 is 5.56 Å². The Labute approximate surface area is 186 Å². The Hall–Kier alpha value is -3.18. The zero-order valence-electron chi connectivity index (χ0n) is 17.9. The predicted molar refractivity (Wildman–Crippen MR) is 128 cm³/mol. The molecule has 0 aliphatic carbocycles. The molecule has 4 nitrogen and oxygen atoms in total. The molecule has 4 rings (SSSR count). The normalized spacial score (nSPS) is 11.1. The van der Waals surface area contributed by atoms with E-state index in [0.29, 0.717) is 21.6 Å². The third-order valence-electron chi connectivity index (χ3n) is 5.23. The van der Waals surface area contributed by atoms with Crippen molar-refractivity contribution in [2.75, 3.05) is 5.75 Å². The third kappa shape index (κ3) is 4.47. The molecule has 31 heavy (non-hydrogen) atoms. The SMILES string of the molecule is CCc1ccc(C(=O)CSc2nc3ccccc3c(=O)n2-c2cc(C)cc(C)c2)cc1. The van der Waals surface area contributed by atoms with Crippen LogP contribution in [0.1, 0.15) is 34.0 Å². The number of nitrogens with zero attached hydrogens (tertiary/aromatic N) is 2. The summed E-state index contributed by atoms with van der Waals surface area (Å²) in [7, 11) is 0. The molecule has 0 radical (unpaired) electrons. The van der Waals surface area contributed by atoms with Crippen LogP contribution in [-0.2, 0) is 6.42 Å². The molecular formula is C26H24N2O2S. The van der Waals surface area contributed by atoms with E-state index < -0.39 is 0 Å². The van der Waals surface area contributed by atoms with E-state index in [1.165, 1.54) is 17.3 Å². The first kappa shape index (κ1) is 21.1. The summed E-state index contributed by atoms with van der Waals surface area (Å²) < 4.78 is 1.63. The summed E-state index contributed by atoms with van der Waals surface area (Å²) >= 11 is 1.30. The number of hydrogen-bond donors (Lipinski definition) is 0. The highest BCUT2D eigenvalue weighted by Crippen LogP contribution is 2.23. The van der Waals surface area contributed by atoms with E-state index in [1.807, 2.05) is 68.4 Å². The topological polar surface area (TPSA) is 52.0 Å². The molecule has 156 valence electrons. The second-order valence-corrected chi connectivity index (χ2v) is 8.60. The van der Waals surface area contributed by atoms with Gasteiger partial charge in [0.2, 0.25) is 0 Å². The number of thioether (sulfide) groups is 1. The number of carbonyl (C=O) groups is 1. The van der Waals surface area contributed by atoms with Crippen molar-refractivity contribution < 1.29 is 4.79 Å². The van der Waals surface area contributed by atoms with Crippen molar-refractivity contribution in [2.24, 2.45) is 0 Å². The lowest BCUT2D eigenvalue weighted by atomic mass is 10.1. The third-order valence-corrected chi connectivity index (χ3v) is 6.16. The number of carbonyl (C=O) groups excluding carboxylic acids is 1. The van der Waals surface area contributed by atoms with Gasteiger partial charge in [-0.15, -0.1) is 0 Å². The largest absolute Gasteiger partial charge is 0.293 e. The van der Waals surface area contributed by atoms with Crippen molar-refractivity contribution in [3.8, 4) is 5.69 Å². The Kier molecular flexibility index (Phi) is 6.05. The second kappa shape index (κ2) is 8.90. The molecule has 0 saturated carbocycles. The quantitative estimate of drug-likeness (QED) is 0.230. The monoisotopic (exact) mass is 428 g/mol. The molecule has 0 N–H and O–H groups in total. The van der Waals surface area contributed by atoms with Gasteiger partial charge < -0.3 is 0 Å². The predicted octanol–water partition coefficient (Wildman–Crippen LogP) is 5.54. The Balaban J connectivity index is 1.75. The zero-order valence-corrected chi connectivity index (χ0v) is 18.7. The lowest BCUT2D eigenvalue weighted by molar-refractivity contribution is 0.102. The van der Waals surface area contributed by atoms with Crippen LogP contribution in [0.3, 0.4) is 0 Å². The summed E-state index contributed by atoms with van der Waals surface area (Å²) in [5.41, 5.74) is 5.28. The molecule has 3 aromatic carbocycles. The van der Waals surface area contributed by atoms with Gasteiger partial charge in [0.1, 0.15) is 0 Å². The number of fused-ring (bicyclic) bond motifs is 1. The maximum absolute atomic E-state index is 13.4. The minimum Gasteiger partial charge on any atom is -0.293 e. The summed E-state index contributed by atoms with van der Waals surface area (Å²) in [6.07, 6.45) is 0.937. The summed E-state index contributed by atoms with van der Waals surface area (Å²) in [6.45, 7) is 6.10. The smallest absolute Gasteiger partial charge is 0.266 e. The average molecular weight is 429 g/mol. The Morgan fingerprint density at radius 3 is 2.32 bits per heavy atom. The van der Waals surface area contributed by atoms with Crippen LogP contribution in [0.25, 0.3) is 16.6 Å². The number of Topliss-reactive ketones (excluding diaryl/α,β-unsaturated/α-hetero) is 1. The van der Waals surface area contributed by atoms with E-state index >= 15 is 0 Å². The number of para-hydroxylation sites is 1. The van der Waals surface area contributed by atoms with Gasteiger partial charge in [0.25, 0.3) is 5.56 Å². The first-order valence-electron chi connectivity index (χ1n) is 10.3. The standard InChI is InChI=1S/C26H24N2O2S/c1-4-19-9-11-20(12-10-19)24(29)16-31-26-27-23-8-6-5-7-22(23)25(30)28(26)21-14-17(2)13-18(3)15-21/h5-15H,4,16H2,1-3H3. The molecular weight excluding hydrogens is 404 g/mol. The molecule has 0 aliphatic heterocycles. The van der Waals surface area contributed by atoms with E-state index in [4.69, 9.17) is 4.98 Å². The number of aryl methyl sites for hydroxylation is 3. The molecule has 4 aromatic rings. The van der Waals surface area contributed by atoms with Crippen molar-refractivity contribution in [3.05, 3.63) is 99.3 Å². The van der Waals surface area contributed by atoms with Crippen LogP contribution in [0.15, 0.2) is 76.7 Å². The number of hydrogen-bond acceptors (Lipinski definition) is 4. The highest BCUT2D eigenvalue weighted by molar-refractivity contribution is 7.99. The molecule has 1 aromatic heterocycles. The molecule has 1 heterocycles. The van der Waals surface area contributed by atoms with Gasteiger partial charge in [0, 0.05) is 5.56 Å². The maximum Gasteiger partial charge on any atom is 0.266 e. The minimum atomic E-state index is -0.127. The molecule has 0 unspecified atom stereocenters.